The third kappa shape index (κ3) is 5.98. The maximum atomic E-state index is 13.3. The summed E-state index contributed by atoms with van der Waals surface area (Å²) in [6, 6.07) is -0.494. The zero-order valence-electron chi connectivity index (χ0n) is 18.1. The van der Waals surface area contributed by atoms with E-state index in [-0.39, 0.29) is 24.2 Å². The number of aromatic nitrogens is 2. The standard InChI is InChI=1S/C21H33N5O3/c1-6-7-15-8-11-26(14(15)2)20(29)18(21(3,4)5)25-17(27)13-24-19(28)16-12-22-9-10-23-16/h9-10,12,14-15,18H,6-8,11,13H2,1-5H3,(H,24,28)(H,25,27)/t14-,15+,18-/m1/s1. The minimum atomic E-state index is -0.661. The van der Waals surface area contributed by atoms with E-state index in [1.165, 1.54) is 18.6 Å². The zero-order valence-corrected chi connectivity index (χ0v) is 18.1. The Morgan fingerprint density at radius 1 is 1.28 bits per heavy atom. The first-order valence-corrected chi connectivity index (χ1v) is 10.3. The predicted molar refractivity (Wildman–Crippen MR) is 110 cm³/mol. The highest BCUT2D eigenvalue weighted by atomic mass is 16.2. The molecule has 8 nitrogen and oxygen atoms in total. The lowest BCUT2D eigenvalue weighted by Crippen LogP contribution is -2.57. The molecule has 0 aliphatic carbocycles. The van der Waals surface area contributed by atoms with Crippen molar-refractivity contribution in [1.82, 2.24) is 25.5 Å². The van der Waals surface area contributed by atoms with E-state index < -0.39 is 23.3 Å². The van der Waals surface area contributed by atoms with Gasteiger partial charge < -0.3 is 15.5 Å². The molecule has 1 aliphatic heterocycles. The van der Waals surface area contributed by atoms with Gasteiger partial charge in [0.15, 0.2) is 0 Å². The van der Waals surface area contributed by atoms with Gasteiger partial charge in [0.2, 0.25) is 11.8 Å². The number of amides is 3. The minimum absolute atomic E-state index is 0.0581. The van der Waals surface area contributed by atoms with Gasteiger partial charge in [0, 0.05) is 25.0 Å². The lowest BCUT2D eigenvalue weighted by atomic mass is 9.85. The van der Waals surface area contributed by atoms with Crippen LogP contribution in [0.3, 0.4) is 0 Å². The smallest absolute Gasteiger partial charge is 0.271 e. The first-order valence-electron chi connectivity index (χ1n) is 10.3. The SMILES string of the molecule is CCC[C@H]1CCN(C(=O)[C@@H](NC(=O)CNC(=O)c2cnccn2)C(C)(C)C)[C@@H]1C. The third-order valence-electron chi connectivity index (χ3n) is 5.48. The fourth-order valence-electron chi connectivity index (χ4n) is 3.77. The summed E-state index contributed by atoms with van der Waals surface area (Å²) in [6.07, 6.45) is 7.41. The van der Waals surface area contributed by atoms with E-state index in [0.29, 0.717) is 5.92 Å². The van der Waals surface area contributed by atoms with Crippen LogP contribution in [0.1, 0.15) is 64.4 Å². The van der Waals surface area contributed by atoms with Gasteiger partial charge >= 0.3 is 0 Å². The van der Waals surface area contributed by atoms with Crippen LogP contribution in [0.5, 0.6) is 0 Å². The van der Waals surface area contributed by atoms with Gasteiger partial charge in [0.1, 0.15) is 11.7 Å². The van der Waals surface area contributed by atoms with Crippen LogP contribution in [-0.2, 0) is 9.59 Å². The van der Waals surface area contributed by atoms with E-state index in [0.717, 1.165) is 25.8 Å². The topological polar surface area (TPSA) is 104 Å². The Morgan fingerprint density at radius 2 is 2.00 bits per heavy atom. The maximum absolute atomic E-state index is 13.3. The van der Waals surface area contributed by atoms with Crippen molar-refractivity contribution in [3.63, 3.8) is 0 Å². The van der Waals surface area contributed by atoms with Crippen LogP contribution in [-0.4, -0.2) is 57.8 Å². The molecular formula is C21H33N5O3. The lowest BCUT2D eigenvalue weighted by molar-refractivity contribution is -0.140. The number of nitrogens with zero attached hydrogens (tertiary/aromatic N) is 3. The molecule has 2 rings (SSSR count). The largest absolute Gasteiger partial charge is 0.342 e. The molecule has 0 bridgehead atoms. The molecule has 0 aromatic carbocycles. The number of rotatable bonds is 7. The molecule has 3 amide bonds. The highest BCUT2D eigenvalue weighted by molar-refractivity contribution is 5.95. The zero-order chi connectivity index (χ0) is 21.6. The highest BCUT2D eigenvalue weighted by Crippen LogP contribution is 2.31. The van der Waals surface area contributed by atoms with Gasteiger partial charge in [-0.1, -0.05) is 34.1 Å². The molecule has 1 aliphatic rings. The second-order valence-electron chi connectivity index (χ2n) is 8.75. The molecule has 29 heavy (non-hydrogen) atoms. The number of likely N-dealkylation sites (tertiary alicyclic amines) is 1. The minimum Gasteiger partial charge on any atom is -0.342 e. The average molecular weight is 404 g/mol. The van der Waals surface area contributed by atoms with Crippen LogP contribution in [0.15, 0.2) is 18.6 Å². The summed E-state index contributed by atoms with van der Waals surface area (Å²) in [4.78, 5) is 47.4. The number of nitrogens with one attached hydrogen (secondary N) is 2. The van der Waals surface area contributed by atoms with Crippen molar-refractivity contribution in [2.75, 3.05) is 13.1 Å². The summed E-state index contributed by atoms with van der Waals surface area (Å²) in [5.74, 6) is -0.446. The fraction of sp³-hybridized carbons (Fsp3) is 0.667. The van der Waals surface area contributed by atoms with E-state index in [1.807, 2.05) is 25.7 Å². The Balaban J connectivity index is 1.99. The van der Waals surface area contributed by atoms with Crippen molar-refractivity contribution < 1.29 is 14.4 Å². The summed E-state index contributed by atoms with van der Waals surface area (Å²) >= 11 is 0. The Morgan fingerprint density at radius 3 is 2.59 bits per heavy atom. The summed E-state index contributed by atoms with van der Waals surface area (Å²) in [7, 11) is 0. The Hall–Kier alpha value is -2.51. The van der Waals surface area contributed by atoms with Crippen LogP contribution >= 0.6 is 0 Å². The van der Waals surface area contributed by atoms with Crippen molar-refractivity contribution in [3.05, 3.63) is 24.3 Å². The van der Waals surface area contributed by atoms with E-state index >= 15 is 0 Å². The molecule has 0 unspecified atom stereocenters. The molecule has 8 heteroatoms. The predicted octanol–water partition coefficient (Wildman–Crippen LogP) is 1.77. The number of carbonyl (C=O) groups is 3. The van der Waals surface area contributed by atoms with Gasteiger partial charge in [-0.15, -0.1) is 0 Å². The van der Waals surface area contributed by atoms with E-state index in [4.69, 9.17) is 0 Å². The third-order valence-corrected chi connectivity index (χ3v) is 5.48. The van der Waals surface area contributed by atoms with Gasteiger partial charge in [-0.05, 0) is 31.1 Å². The second kappa shape index (κ2) is 9.80. The van der Waals surface area contributed by atoms with Crippen LogP contribution in [0.4, 0.5) is 0 Å². The normalized spacial score (nSPS) is 20.2. The molecule has 0 radical (unpaired) electrons. The van der Waals surface area contributed by atoms with Crippen molar-refractivity contribution in [1.29, 1.82) is 0 Å². The summed E-state index contributed by atoms with van der Waals surface area (Å²) in [6.45, 7) is 10.5. The summed E-state index contributed by atoms with van der Waals surface area (Å²) in [5, 5.41) is 5.35. The van der Waals surface area contributed by atoms with Crippen molar-refractivity contribution in [2.24, 2.45) is 11.3 Å². The maximum Gasteiger partial charge on any atom is 0.271 e. The second-order valence-corrected chi connectivity index (χ2v) is 8.75. The van der Waals surface area contributed by atoms with Gasteiger partial charge in [-0.3, -0.25) is 19.4 Å². The van der Waals surface area contributed by atoms with Gasteiger partial charge in [-0.2, -0.15) is 0 Å². The van der Waals surface area contributed by atoms with Crippen LogP contribution in [0.2, 0.25) is 0 Å². The Labute approximate surface area is 172 Å². The Bertz CT molecular complexity index is 717. The van der Waals surface area contributed by atoms with Crippen LogP contribution in [0.25, 0.3) is 0 Å². The average Bonchev–Trinajstić information content (AvgIpc) is 3.04. The molecule has 1 fully saturated rings. The first kappa shape index (κ1) is 22.8. The first-order chi connectivity index (χ1) is 13.6. The molecule has 1 saturated heterocycles. The van der Waals surface area contributed by atoms with E-state index in [1.54, 1.807) is 0 Å². The van der Waals surface area contributed by atoms with Gasteiger partial charge in [0.25, 0.3) is 5.91 Å². The molecule has 1 aromatic rings. The molecule has 2 N–H and O–H groups in total. The highest BCUT2D eigenvalue weighted by Gasteiger charge is 2.41. The van der Waals surface area contributed by atoms with Gasteiger partial charge in [-0.25, -0.2) is 4.98 Å². The quantitative estimate of drug-likeness (QED) is 0.722. The van der Waals surface area contributed by atoms with Crippen molar-refractivity contribution in [2.45, 2.75) is 66.0 Å². The van der Waals surface area contributed by atoms with E-state index in [9.17, 15) is 14.4 Å². The summed E-state index contributed by atoms with van der Waals surface area (Å²) in [5.41, 5.74) is -0.318. The van der Waals surface area contributed by atoms with Crippen LogP contribution in [0, 0.1) is 11.3 Å². The molecule has 1 aromatic heterocycles. The molecule has 0 spiro atoms. The molecule has 3 atom stereocenters. The van der Waals surface area contributed by atoms with Crippen molar-refractivity contribution in [3.8, 4) is 0 Å². The number of carbonyl (C=O) groups excluding carboxylic acids is 3. The molecule has 0 saturated carbocycles. The monoisotopic (exact) mass is 403 g/mol. The number of hydrogen-bond acceptors (Lipinski definition) is 5. The van der Waals surface area contributed by atoms with E-state index in [2.05, 4.69) is 34.4 Å². The molecule has 160 valence electrons. The lowest BCUT2D eigenvalue weighted by Gasteiger charge is -2.35. The summed E-state index contributed by atoms with van der Waals surface area (Å²) < 4.78 is 0. The van der Waals surface area contributed by atoms with Crippen LogP contribution < -0.4 is 10.6 Å². The fourth-order valence-corrected chi connectivity index (χ4v) is 3.77. The number of hydrogen-bond donors (Lipinski definition) is 2. The molecule has 2 heterocycles. The van der Waals surface area contributed by atoms with Gasteiger partial charge in [0.05, 0.1) is 12.7 Å². The Kier molecular flexibility index (Phi) is 7.70. The van der Waals surface area contributed by atoms with Crippen molar-refractivity contribution >= 4 is 17.7 Å². The molecular weight excluding hydrogens is 370 g/mol.